The normalized spacial score (nSPS) is 26.4. The molecule has 0 aromatic carbocycles. The summed E-state index contributed by atoms with van der Waals surface area (Å²) >= 11 is 0. The molecular weight excluding hydrogens is 258 g/mol. The van der Waals surface area contributed by atoms with Crippen molar-refractivity contribution in [3.05, 3.63) is 0 Å². The molecule has 0 aromatic rings. The van der Waals surface area contributed by atoms with Gasteiger partial charge in [0.15, 0.2) is 6.29 Å². The van der Waals surface area contributed by atoms with Crippen LogP contribution in [0.4, 0.5) is 4.79 Å². The molecule has 1 saturated carbocycles. The lowest BCUT2D eigenvalue weighted by Crippen LogP contribution is -2.63. The van der Waals surface area contributed by atoms with E-state index in [1.165, 1.54) is 6.42 Å². The number of carbonyl (C=O) groups is 2. The third kappa shape index (κ3) is 3.32. The van der Waals surface area contributed by atoms with Crippen LogP contribution in [0.1, 0.15) is 52.9 Å². The highest BCUT2D eigenvalue weighted by Gasteiger charge is 2.46. The van der Waals surface area contributed by atoms with E-state index >= 15 is 0 Å². The van der Waals surface area contributed by atoms with Crippen molar-refractivity contribution in [2.45, 2.75) is 70.1 Å². The first-order chi connectivity index (χ1) is 9.36. The van der Waals surface area contributed by atoms with E-state index in [1.807, 2.05) is 20.8 Å². The van der Waals surface area contributed by atoms with Gasteiger partial charge < -0.3 is 14.3 Å². The van der Waals surface area contributed by atoms with E-state index in [0.29, 0.717) is 13.2 Å². The minimum absolute atomic E-state index is 0.278. The molecule has 2 fully saturated rings. The van der Waals surface area contributed by atoms with E-state index in [0.717, 1.165) is 32.0 Å². The molecule has 1 heterocycles. The van der Waals surface area contributed by atoms with Crippen molar-refractivity contribution in [2.75, 3.05) is 13.2 Å². The van der Waals surface area contributed by atoms with Crippen LogP contribution in [-0.4, -0.2) is 47.7 Å². The van der Waals surface area contributed by atoms with Gasteiger partial charge in [-0.1, -0.05) is 19.3 Å². The summed E-state index contributed by atoms with van der Waals surface area (Å²) in [6.07, 6.45) is 5.15. The number of rotatable bonds is 1. The molecule has 1 aliphatic carbocycles. The van der Waals surface area contributed by atoms with E-state index < -0.39 is 11.7 Å². The Hall–Kier alpha value is -1.10. The predicted molar refractivity (Wildman–Crippen MR) is 74.6 cm³/mol. The summed E-state index contributed by atoms with van der Waals surface area (Å²) < 4.78 is 11.1. The van der Waals surface area contributed by atoms with Gasteiger partial charge in [0.1, 0.15) is 11.7 Å². The Morgan fingerprint density at radius 2 is 1.95 bits per heavy atom. The lowest BCUT2D eigenvalue weighted by molar-refractivity contribution is -0.141. The second-order valence-corrected chi connectivity index (χ2v) is 6.86. The van der Waals surface area contributed by atoms with Gasteiger partial charge >= 0.3 is 6.09 Å². The van der Waals surface area contributed by atoms with Crippen LogP contribution >= 0.6 is 0 Å². The summed E-state index contributed by atoms with van der Waals surface area (Å²) in [6, 6.07) is 0. The molecule has 1 amide bonds. The van der Waals surface area contributed by atoms with Crippen LogP contribution in [0.2, 0.25) is 0 Å². The van der Waals surface area contributed by atoms with Crippen LogP contribution in [-0.2, 0) is 14.3 Å². The maximum atomic E-state index is 12.5. The molecule has 0 radical (unpaired) electrons. The van der Waals surface area contributed by atoms with Crippen molar-refractivity contribution < 1.29 is 19.1 Å². The lowest BCUT2D eigenvalue weighted by atomic mass is 9.80. The number of nitrogens with zero attached hydrogens (tertiary/aromatic N) is 1. The number of hydrogen-bond acceptors (Lipinski definition) is 4. The van der Waals surface area contributed by atoms with Crippen LogP contribution < -0.4 is 0 Å². The standard InChI is InChI=1S/C15H25NO4/c1-14(2,3)20-13(18)16-9-12(10-17)19-11-15(16)7-5-4-6-8-15/h10,12H,4-9,11H2,1-3H3. The highest BCUT2D eigenvalue weighted by molar-refractivity contribution is 5.71. The third-order valence-corrected chi connectivity index (χ3v) is 4.05. The minimum atomic E-state index is -0.532. The van der Waals surface area contributed by atoms with E-state index in [4.69, 9.17) is 9.47 Å². The fraction of sp³-hybridized carbons (Fsp3) is 0.867. The van der Waals surface area contributed by atoms with Crippen molar-refractivity contribution in [3.8, 4) is 0 Å². The van der Waals surface area contributed by atoms with Gasteiger partial charge in [0.05, 0.1) is 18.7 Å². The fourth-order valence-electron chi connectivity index (χ4n) is 3.06. The Bertz CT molecular complexity index is 369. The number of hydrogen-bond donors (Lipinski definition) is 0. The summed E-state index contributed by atoms with van der Waals surface area (Å²) in [4.78, 5) is 25.2. The molecule has 20 heavy (non-hydrogen) atoms. The molecule has 1 aliphatic heterocycles. The van der Waals surface area contributed by atoms with Crippen LogP contribution in [0, 0.1) is 0 Å². The van der Waals surface area contributed by atoms with Crippen molar-refractivity contribution in [1.29, 1.82) is 0 Å². The zero-order valence-electron chi connectivity index (χ0n) is 12.7. The highest BCUT2D eigenvalue weighted by Crippen LogP contribution is 2.37. The fourth-order valence-corrected chi connectivity index (χ4v) is 3.06. The number of ether oxygens (including phenoxy) is 2. The van der Waals surface area contributed by atoms with Crippen molar-refractivity contribution in [3.63, 3.8) is 0 Å². The molecule has 2 rings (SSSR count). The summed E-state index contributed by atoms with van der Waals surface area (Å²) in [7, 11) is 0. The van der Waals surface area contributed by atoms with Crippen LogP contribution in [0.15, 0.2) is 0 Å². The van der Waals surface area contributed by atoms with Crippen molar-refractivity contribution >= 4 is 12.4 Å². The quantitative estimate of drug-likeness (QED) is 0.694. The Morgan fingerprint density at radius 3 is 2.50 bits per heavy atom. The summed E-state index contributed by atoms with van der Waals surface area (Å²) in [5.74, 6) is 0. The van der Waals surface area contributed by atoms with Crippen LogP contribution in [0.25, 0.3) is 0 Å². The van der Waals surface area contributed by atoms with Gasteiger partial charge in [-0.3, -0.25) is 4.90 Å². The molecule has 114 valence electrons. The molecule has 0 N–H and O–H groups in total. The lowest BCUT2D eigenvalue weighted by Gasteiger charge is -2.50. The maximum Gasteiger partial charge on any atom is 0.410 e. The van der Waals surface area contributed by atoms with E-state index in [1.54, 1.807) is 4.90 Å². The van der Waals surface area contributed by atoms with Gasteiger partial charge in [-0.05, 0) is 33.6 Å². The molecule has 2 aliphatic rings. The topological polar surface area (TPSA) is 55.8 Å². The molecule has 5 heteroatoms. The zero-order valence-corrected chi connectivity index (χ0v) is 12.7. The smallest absolute Gasteiger partial charge is 0.410 e. The molecule has 1 saturated heterocycles. The van der Waals surface area contributed by atoms with Crippen molar-refractivity contribution in [1.82, 2.24) is 4.90 Å². The number of morpholine rings is 1. The Labute approximate surface area is 120 Å². The first-order valence-corrected chi connectivity index (χ1v) is 7.44. The van der Waals surface area contributed by atoms with Crippen LogP contribution in [0.5, 0.6) is 0 Å². The van der Waals surface area contributed by atoms with Gasteiger partial charge in [-0.15, -0.1) is 0 Å². The van der Waals surface area contributed by atoms with E-state index in [9.17, 15) is 9.59 Å². The Kier molecular flexibility index (Phi) is 4.37. The first-order valence-electron chi connectivity index (χ1n) is 7.44. The summed E-state index contributed by atoms with van der Waals surface area (Å²) in [5.41, 5.74) is -0.804. The average Bonchev–Trinajstić information content (AvgIpc) is 2.38. The van der Waals surface area contributed by atoms with Crippen molar-refractivity contribution in [2.24, 2.45) is 0 Å². The molecular formula is C15H25NO4. The van der Waals surface area contributed by atoms with E-state index in [-0.39, 0.29) is 11.6 Å². The predicted octanol–water partition coefficient (Wildman–Crippen LogP) is 2.52. The summed E-state index contributed by atoms with van der Waals surface area (Å²) in [6.45, 7) is 6.32. The first kappa shape index (κ1) is 15.3. The minimum Gasteiger partial charge on any atom is -0.444 e. The molecule has 1 spiro atoms. The molecule has 5 nitrogen and oxygen atoms in total. The number of amides is 1. The average molecular weight is 283 g/mol. The largest absolute Gasteiger partial charge is 0.444 e. The molecule has 1 atom stereocenters. The molecule has 1 unspecified atom stereocenters. The van der Waals surface area contributed by atoms with Gasteiger partial charge in [0, 0.05) is 0 Å². The van der Waals surface area contributed by atoms with Gasteiger partial charge in [0.25, 0.3) is 0 Å². The Balaban J connectivity index is 2.17. The SMILES string of the molecule is CC(C)(C)OC(=O)N1CC(C=O)OCC12CCCCC2. The Morgan fingerprint density at radius 1 is 1.30 bits per heavy atom. The van der Waals surface area contributed by atoms with E-state index in [2.05, 4.69) is 0 Å². The monoisotopic (exact) mass is 283 g/mol. The number of aldehydes is 1. The van der Waals surface area contributed by atoms with Gasteiger partial charge in [-0.25, -0.2) is 4.79 Å². The van der Waals surface area contributed by atoms with Gasteiger partial charge in [0.2, 0.25) is 0 Å². The second kappa shape index (κ2) is 5.72. The summed E-state index contributed by atoms with van der Waals surface area (Å²) in [5, 5.41) is 0. The van der Waals surface area contributed by atoms with Crippen LogP contribution in [0.3, 0.4) is 0 Å². The number of carbonyl (C=O) groups excluding carboxylic acids is 2. The third-order valence-electron chi connectivity index (χ3n) is 4.05. The highest BCUT2D eigenvalue weighted by atomic mass is 16.6. The second-order valence-electron chi connectivity index (χ2n) is 6.86. The van der Waals surface area contributed by atoms with Gasteiger partial charge in [-0.2, -0.15) is 0 Å². The molecule has 0 aromatic heterocycles. The zero-order chi connectivity index (χ0) is 14.8. The maximum absolute atomic E-state index is 12.5. The molecule has 0 bridgehead atoms.